The van der Waals surface area contributed by atoms with Crippen molar-refractivity contribution < 1.29 is 4.39 Å². The molecule has 3 N–H and O–H groups in total. The van der Waals surface area contributed by atoms with Gasteiger partial charge in [-0.1, -0.05) is 25.1 Å². The van der Waals surface area contributed by atoms with Crippen LogP contribution in [0.25, 0.3) is 0 Å². The summed E-state index contributed by atoms with van der Waals surface area (Å²) >= 11 is 0. The fraction of sp³-hybridized carbons (Fsp3) is 0.444. The zero-order valence-electron chi connectivity index (χ0n) is 14.1. The number of hydrogen-bond acceptors (Lipinski definition) is 4. The van der Waals surface area contributed by atoms with Gasteiger partial charge in [-0.05, 0) is 18.1 Å². The van der Waals surface area contributed by atoms with Gasteiger partial charge in [-0.15, -0.1) is 0 Å². The monoisotopic (exact) mass is 329 g/mol. The molecule has 2 aliphatic rings. The molecule has 0 saturated carbocycles. The maximum absolute atomic E-state index is 13.9. The molecule has 2 atom stereocenters. The third-order valence-corrected chi connectivity index (χ3v) is 4.69. The molecule has 1 aromatic rings. The van der Waals surface area contributed by atoms with Crippen molar-refractivity contribution in [2.45, 2.75) is 38.8 Å². The van der Waals surface area contributed by atoms with Crippen molar-refractivity contribution in [3.8, 4) is 0 Å². The van der Waals surface area contributed by atoms with Crippen molar-refractivity contribution in [3.63, 3.8) is 0 Å². The molecule has 5 nitrogen and oxygen atoms in total. The predicted molar refractivity (Wildman–Crippen MR) is 95.2 cm³/mol. The summed E-state index contributed by atoms with van der Waals surface area (Å²) < 4.78 is 13.9. The van der Waals surface area contributed by atoms with Crippen LogP contribution in [-0.2, 0) is 6.54 Å². The van der Waals surface area contributed by atoms with Crippen LogP contribution in [0.5, 0.6) is 0 Å². The first-order chi connectivity index (χ1) is 11.7. The summed E-state index contributed by atoms with van der Waals surface area (Å²) in [5, 5.41) is 10.9. The molecule has 2 heterocycles. The molecule has 0 fully saturated rings. The summed E-state index contributed by atoms with van der Waals surface area (Å²) in [6.45, 7) is 2.59. The second-order valence-electron chi connectivity index (χ2n) is 6.09. The molecule has 3 rings (SSSR count). The Morgan fingerprint density at radius 2 is 2.21 bits per heavy atom. The van der Waals surface area contributed by atoms with Crippen molar-refractivity contribution in [2.24, 2.45) is 16.0 Å². The number of halogens is 1. The summed E-state index contributed by atoms with van der Waals surface area (Å²) in [5.41, 5.74) is 5.16. The van der Waals surface area contributed by atoms with Crippen LogP contribution >= 0.6 is 0 Å². The molecule has 2 unspecified atom stereocenters. The van der Waals surface area contributed by atoms with Gasteiger partial charge in [0.2, 0.25) is 0 Å². The standard InChI is InChI=1S/C18H24FN5/c1-3-13-14(16-8-9-22-24-16)10-17(20-2)23-18(13)21-11-12-6-4-5-7-15(12)19/h4-7,9,14,16,21,24H,3,8,10-11H2,1-2H3,(H,20,23). The maximum Gasteiger partial charge on any atom is 0.128 e. The van der Waals surface area contributed by atoms with Crippen LogP contribution in [0.3, 0.4) is 0 Å². The molecular weight excluding hydrogens is 305 g/mol. The molecule has 24 heavy (non-hydrogen) atoms. The maximum atomic E-state index is 13.9. The minimum absolute atomic E-state index is 0.189. The highest BCUT2D eigenvalue weighted by atomic mass is 19.1. The van der Waals surface area contributed by atoms with Crippen molar-refractivity contribution >= 4 is 12.1 Å². The van der Waals surface area contributed by atoms with E-state index in [-0.39, 0.29) is 5.82 Å². The molecule has 1 aromatic carbocycles. The SMILES string of the molecule is CCC1=C(NCc2ccccc2F)NC(=NC)CC1C1CC=NN1. The number of nitrogens with one attached hydrogen (secondary N) is 3. The number of hydrogen-bond donors (Lipinski definition) is 3. The Morgan fingerprint density at radius 1 is 1.38 bits per heavy atom. The minimum Gasteiger partial charge on any atom is -0.367 e. The summed E-state index contributed by atoms with van der Waals surface area (Å²) in [7, 11) is 1.80. The Labute approximate surface area is 142 Å². The van der Waals surface area contributed by atoms with E-state index in [1.54, 1.807) is 19.2 Å². The molecular formula is C18H24FN5. The molecule has 0 aromatic heterocycles. The third-order valence-electron chi connectivity index (χ3n) is 4.69. The van der Waals surface area contributed by atoms with Crippen LogP contribution < -0.4 is 16.1 Å². The number of aliphatic imine (C=N–C) groups is 1. The Bertz CT molecular complexity index is 672. The van der Waals surface area contributed by atoms with Crippen LogP contribution in [0.4, 0.5) is 4.39 Å². The first-order valence-electron chi connectivity index (χ1n) is 8.43. The molecule has 6 heteroatoms. The lowest BCUT2D eigenvalue weighted by Gasteiger charge is -2.34. The molecule has 0 spiro atoms. The Balaban J connectivity index is 1.82. The van der Waals surface area contributed by atoms with Crippen LogP contribution in [0.2, 0.25) is 0 Å². The highest BCUT2D eigenvalue weighted by molar-refractivity contribution is 5.85. The number of nitrogens with zero attached hydrogens (tertiary/aromatic N) is 2. The number of rotatable bonds is 5. The lowest BCUT2D eigenvalue weighted by atomic mass is 9.83. The van der Waals surface area contributed by atoms with Gasteiger partial charge in [0.15, 0.2) is 0 Å². The molecule has 0 amide bonds. The van der Waals surface area contributed by atoms with E-state index in [1.165, 1.54) is 11.6 Å². The van der Waals surface area contributed by atoms with Gasteiger partial charge in [-0.2, -0.15) is 5.10 Å². The predicted octanol–water partition coefficient (Wildman–Crippen LogP) is 2.52. The molecule has 0 bridgehead atoms. The van der Waals surface area contributed by atoms with Crippen molar-refractivity contribution in [1.29, 1.82) is 0 Å². The van der Waals surface area contributed by atoms with Crippen molar-refractivity contribution in [1.82, 2.24) is 16.1 Å². The second-order valence-corrected chi connectivity index (χ2v) is 6.09. The summed E-state index contributed by atoms with van der Waals surface area (Å²) in [4.78, 5) is 4.35. The second kappa shape index (κ2) is 7.47. The lowest BCUT2D eigenvalue weighted by Crippen LogP contribution is -2.44. The summed E-state index contributed by atoms with van der Waals surface area (Å²) in [6, 6.07) is 7.14. The van der Waals surface area contributed by atoms with Gasteiger partial charge >= 0.3 is 0 Å². The lowest BCUT2D eigenvalue weighted by molar-refractivity contribution is 0.415. The van der Waals surface area contributed by atoms with E-state index < -0.39 is 0 Å². The van der Waals surface area contributed by atoms with E-state index in [4.69, 9.17) is 0 Å². The van der Waals surface area contributed by atoms with Crippen LogP contribution in [-0.4, -0.2) is 25.1 Å². The highest BCUT2D eigenvalue weighted by Crippen LogP contribution is 2.30. The zero-order chi connectivity index (χ0) is 16.9. The number of amidine groups is 1. The topological polar surface area (TPSA) is 60.8 Å². The van der Waals surface area contributed by atoms with Crippen LogP contribution in [0.15, 0.2) is 45.8 Å². The number of hydrazone groups is 1. The fourth-order valence-corrected chi connectivity index (χ4v) is 3.37. The van der Waals surface area contributed by atoms with E-state index in [0.717, 1.165) is 30.9 Å². The summed E-state index contributed by atoms with van der Waals surface area (Å²) in [6.07, 6.45) is 4.64. The van der Waals surface area contributed by atoms with Gasteiger partial charge in [0.05, 0.1) is 6.04 Å². The van der Waals surface area contributed by atoms with Gasteiger partial charge < -0.3 is 16.1 Å². The Hall–Kier alpha value is -2.37. The zero-order valence-corrected chi connectivity index (χ0v) is 14.1. The largest absolute Gasteiger partial charge is 0.367 e. The van der Waals surface area contributed by atoms with E-state index in [0.29, 0.717) is 24.1 Å². The van der Waals surface area contributed by atoms with Crippen molar-refractivity contribution in [2.75, 3.05) is 7.05 Å². The first kappa shape index (κ1) is 16.5. The van der Waals surface area contributed by atoms with E-state index in [2.05, 4.69) is 33.1 Å². The Kier molecular flexibility index (Phi) is 5.13. The first-order valence-corrected chi connectivity index (χ1v) is 8.43. The molecule has 2 aliphatic heterocycles. The normalized spacial score (nSPS) is 24.9. The van der Waals surface area contributed by atoms with Gasteiger partial charge in [-0.3, -0.25) is 4.99 Å². The molecule has 0 radical (unpaired) electrons. The fourth-order valence-electron chi connectivity index (χ4n) is 3.37. The smallest absolute Gasteiger partial charge is 0.128 e. The molecule has 0 saturated heterocycles. The van der Waals surface area contributed by atoms with Gasteiger partial charge in [-0.25, -0.2) is 4.39 Å². The molecule has 128 valence electrons. The van der Waals surface area contributed by atoms with Crippen molar-refractivity contribution in [3.05, 3.63) is 47.0 Å². The Morgan fingerprint density at radius 3 is 2.88 bits per heavy atom. The average molecular weight is 329 g/mol. The van der Waals surface area contributed by atoms with E-state index >= 15 is 0 Å². The van der Waals surface area contributed by atoms with Gasteiger partial charge in [0.25, 0.3) is 0 Å². The van der Waals surface area contributed by atoms with Gasteiger partial charge in [0.1, 0.15) is 17.5 Å². The number of benzene rings is 1. The summed E-state index contributed by atoms with van der Waals surface area (Å²) in [5.74, 6) is 2.04. The minimum atomic E-state index is -0.189. The average Bonchev–Trinajstić information content (AvgIpc) is 3.14. The highest BCUT2D eigenvalue weighted by Gasteiger charge is 2.32. The molecule has 0 aliphatic carbocycles. The van der Waals surface area contributed by atoms with E-state index in [1.807, 2.05) is 12.3 Å². The van der Waals surface area contributed by atoms with Crippen LogP contribution in [0, 0.1) is 11.7 Å². The van der Waals surface area contributed by atoms with E-state index in [9.17, 15) is 4.39 Å². The van der Waals surface area contributed by atoms with Gasteiger partial charge in [0, 0.05) is 44.1 Å². The van der Waals surface area contributed by atoms with Crippen LogP contribution in [0.1, 0.15) is 31.7 Å². The third kappa shape index (κ3) is 3.42. The quantitative estimate of drug-likeness (QED) is 0.778.